The van der Waals surface area contributed by atoms with E-state index in [0.29, 0.717) is 18.3 Å². The molecule has 24 heavy (non-hydrogen) atoms. The summed E-state index contributed by atoms with van der Waals surface area (Å²) in [6.07, 6.45) is 6.56. The van der Waals surface area contributed by atoms with E-state index in [1.807, 2.05) is 19.1 Å². The summed E-state index contributed by atoms with van der Waals surface area (Å²) in [7, 11) is 0. The topological polar surface area (TPSA) is 69.6 Å². The zero-order valence-corrected chi connectivity index (χ0v) is 14.3. The van der Waals surface area contributed by atoms with Crippen LogP contribution in [-0.4, -0.2) is 21.7 Å². The van der Waals surface area contributed by atoms with Crippen molar-refractivity contribution in [3.8, 4) is 5.75 Å². The van der Waals surface area contributed by atoms with Gasteiger partial charge in [-0.1, -0.05) is 18.2 Å². The van der Waals surface area contributed by atoms with E-state index in [1.165, 1.54) is 6.42 Å². The lowest BCUT2D eigenvalue weighted by molar-refractivity contribution is -0.169. The molecular weight excluding hydrogens is 302 g/mol. The summed E-state index contributed by atoms with van der Waals surface area (Å²) < 4.78 is 0. The lowest BCUT2D eigenvalue weighted by Gasteiger charge is -2.60. The first-order valence-electron chi connectivity index (χ1n) is 9.16. The standard InChI is InChI=1S/C20H27NO3/c1-13(16-4-2-3-5-17(16)22)21-18(23)11-19-7-14-6-15(8-19)10-20(24,9-14)12-19/h2-5,13-15,22,24H,6-12H2,1H3,(H,21,23)/t13-,14+,15+,19?,20?/m1/s1. The van der Waals surface area contributed by atoms with Crippen LogP contribution in [0.25, 0.3) is 0 Å². The van der Waals surface area contributed by atoms with Gasteiger partial charge in [-0.15, -0.1) is 0 Å². The maximum Gasteiger partial charge on any atom is 0.221 e. The Hall–Kier alpha value is -1.55. The van der Waals surface area contributed by atoms with Gasteiger partial charge in [-0.3, -0.25) is 4.79 Å². The third kappa shape index (κ3) is 2.81. The second kappa shape index (κ2) is 5.48. The number of benzene rings is 1. The Labute approximate surface area is 143 Å². The van der Waals surface area contributed by atoms with Gasteiger partial charge in [-0.05, 0) is 68.8 Å². The molecular formula is C20H27NO3. The van der Waals surface area contributed by atoms with Gasteiger partial charge in [-0.25, -0.2) is 0 Å². The number of nitrogens with one attached hydrogen (secondary N) is 1. The molecule has 0 heterocycles. The van der Waals surface area contributed by atoms with Gasteiger partial charge in [0.15, 0.2) is 0 Å². The molecule has 0 saturated heterocycles. The van der Waals surface area contributed by atoms with E-state index in [1.54, 1.807) is 12.1 Å². The normalized spacial score (nSPS) is 38.1. The van der Waals surface area contributed by atoms with Crippen LogP contribution in [0.15, 0.2) is 24.3 Å². The van der Waals surface area contributed by atoms with Gasteiger partial charge < -0.3 is 15.5 Å². The highest BCUT2D eigenvalue weighted by Crippen LogP contribution is 2.62. The molecule has 1 aromatic rings. The lowest BCUT2D eigenvalue weighted by atomic mass is 9.47. The summed E-state index contributed by atoms with van der Waals surface area (Å²) >= 11 is 0. The van der Waals surface area contributed by atoms with Crippen molar-refractivity contribution in [2.24, 2.45) is 17.3 Å². The summed E-state index contributed by atoms with van der Waals surface area (Å²) in [5.74, 6) is 1.45. The van der Waals surface area contributed by atoms with Crippen molar-refractivity contribution in [1.82, 2.24) is 5.32 Å². The van der Waals surface area contributed by atoms with Gasteiger partial charge >= 0.3 is 0 Å². The van der Waals surface area contributed by atoms with E-state index >= 15 is 0 Å². The Bertz CT molecular complexity index is 642. The van der Waals surface area contributed by atoms with Crippen molar-refractivity contribution in [1.29, 1.82) is 0 Å². The molecule has 4 aliphatic rings. The van der Waals surface area contributed by atoms with Gasteiger partial charge in [0.1, 0.15) is 5.75 Å². The Morgan fingerprint density at radius 2 is 1.92 bits per heavy atom. The van der Waals surface area contributed by atoms with Crippen LogP contribution in [-0.2, 0) is 4.79 Å². The zero-order chi connectivity index (χ0) is 16.9. The zero-order valence-electron chi connectivity index (χ0n) is 14.3. The average Bonchev–Trinajstić information content (AvgIpc) is 2.43. The van der Waals surface area contributed by atoms with Crippen LogP contribution in [0, 0.1) is 17.3 Å². The molecule has 4 fully saturated rings. The highest BCUT2D eigenvalue weighted by atomic mass is 16.3. The Morgan fingerprint density at radius 3 is 2.54 bits per heavy atom. The third-order valence-corrected chi connectivity index (χ3v) is 6.47. The van der Waals surface area contributed by atoms with E-state index < -0.39 is 5.60 Å². The molecule has 4 saturated carbocycles. The molecule has 4 heteroatoms. The molecule has 0 radical (unpaired) electrons. The van der Waals surface area contributed by atoms with Crippen LogP contribution in [0.3, 0.4) is 0 Å². The van der Waals surface area contributed by atoms with Crippen LogP contribution in [0.1, 0.15) is 63.5 Å². The number of para-hydroxylation sites is 1. The fourth-order valence-corrected chi connectivity index (χ4v) is 6.17. The molecule has 0 unspecified atom stereocenters. The number of phenolic OH excluding ortho intramolecular Hbond substituents is 1. The number of hydrogen-bond donors (Lipinski definition) is 3. The summed E-state index contributed by atoms with van der Waals surface area (Å²) in [6, 6.07) is 6.92. The molecule has 1 aromatic carbocycles. The highest BCUT2D eigenvalue weighted by Gasteiger charge is 2.57. The average molecular weight is 329 g/mol. The minimum atomic E-state index is -0.520. The Kier molecular flexibility index (Phi) is 3.64. The number of aromatic hydroxyl groups is 1. The SMILES string of the molecule is C[C@@H](NC(=O)CC12C[C@@H]3C[C@H](CC(O)(C3)C1)C2)c1ccccc1O. The van der Waals surface area contributed by atoms with Gasteiger partial charge in [0.2, 0.25) is 5.91 Å². The molecule has 1 amide bonds. The van der Waals surface area contributed by atoms with E-state index in [9.17, 15) is 15.0 Å². The molecule has 3 N–H and O–H groups in total. The fourth-order valence-electron chi connectivity index (χ4n) is 6.17. The quantitative estimate of drug-likeness (QED) is 0.794. The van der Waals surface area contributed by atoms with E-state index in [2.05, 4.69) is 5.32 Å². The predicted molar refractivity (Wildman–Crippen MR) is 91.3 cm³/mol. The van der Waals surface area contributed by atoms with Crippen LogP contribution in [0.4, 0.5) is 0 Å². The molecule has 3 atom stereocenters. The van der Waals surface area contributed by atoms with Gasteiger partial charge in [0.25, 0.3) is 0 Å². The smallest absolute Gasteiger partial charge is 0.221 e. The Balaban J connectivity index is 1.44. The second-order valence-electron chi connectivity index (χ2n) is 8.71. The van der Waals surface area contributed by atoms with Gasteiger partial charge in [0, 0.05) is 12.0 Å². The number of carbonyl (C=O) groups is 1. The molecule has 5 rings (SSSR count). The number of carbonyl (C=O) groups excluding carboxylic acids is 1. The first kappa shape index (κ1) is 15.9. The number of aliphatic hydroxyl groups is 1. The number of phenols is 1. The molecule has 0 spiro atoms. The molecule has 130 valence electrons. The number of amides is 1. The van der Waals surface area contributed by atoms with Crippen LogP contribution in [0.5, 0.6) is 5.75 Å². The Morgan fingerprint density at radius 1 is 1.25 bits per heavy atom. The largest absolute Gasteiger partial charge is 0.508 e. The lowest BCUT2D eigenvalue weighted by Crippen LogP contribution is -2.56. The van der Waals surface area contributed by atoms with E-state index in [4.69, 9.17) is 0 Å². The fraction of sp³-hybridized carbons (Fsp3) is 0.650. The maximum atomic E-state index is 12.7. The van der Waals surface area contributed by atoms with Crippen LogP contribution >= 0.6 is 0 Å². The summed E-state index contributed by atoms with van der Waals surface area (Å²) in [5.41, 5.74) is 0.213. The number of hydrogen-bond acceptors (Lipinski definition) is 3. The summed E-state index contributed by atoms with van der Waals surface area (Å²) in [5, 5.41) is 23.8. The van der Waals surface area contributed by atoms with Crippen molar-refractivity contribution in [3.63, 3.8) is 0 Å². The molecule has 0 aromatic heterocycles. The third-order valence-electron chi connectivity index (χ3n) is 6.47. The van der Waals surface area contributed by atoms with Crippen LogP contribution in [0.2, 0.25) is 0 Å². The molecule has 4 bridgehead atoms. The highest BCUT2D eigenvalue weighted by molar-refractivity contribution is 5.77. The van der Waals surface area contributed by atoms with Gasteiger partial charge in [-0.2, -0.15) is 0 Å². The minimum absolute atomic E-state index is 0.0125. The number of rotatable bonds is 4. The van der Waals surface area contributed by atoms with Crippen molar-refractivity contribution < 1.29 is 15.0 Å². The monoisotopic (exact) mass is 329 g/mol. The van der Waals surface area contributed by atoms with Gasteiger partial charge in [0.05, 0.1) is 11.6 Å². The second-order valence-corrected chi connectivity index (χ2v) is 8.71. The summed E-state index contributed by atoms with van der Waals surface area (Å²) in [4.78, 5) is 12.7. The van der Waals surface area contributed by atoms with Crippen LogP contribution < -0.4 is 5.32 Å². The molecule has 4 nitrogen and oxygen atoms in total. The summed E-state index contributed by atoms with van der Waals surface area (Å²) in [6.45, 7) is 1.90. The first-order chi connectivity index (χ1) is 11.4. The predicted octanol–water partition coefficient (Wildman–Crippen LogP) is 3.29. The minimum Gasteiger partial charge on any atom is -0.508 e. The van der Waals surface area contributed by atoms with E-state index in [-0.39, 0.29) is 23.1 Å². The molecule has 0 aliphatic heterocycles. The first-order valence-corrected chi connectivity index (χ1v) is 9.16. The van der Waals surface area contributed by atoms with Crippen molar-refractivity contribution >= 4 is 5.91 Å². The molecule has 4 aliphatic carbocycles. The van der Waals surface area contributed by atoms with E-state index in [0.717, 1.165) is 37.7 Å². The van der Waals surface area contributed by atoms with Crippen molar-refractivity contribution in [2.45, 2.75) is 63.5 Å². The van der Waals surface area contributed by atoms with Crippen molar-refractivity contribution in [2.75, 3.05) is 0 Å². The maximum absolute atomic E-state index is 12.7. The van der Waals surface area contributed by atoms with Crippen molar-refractivity contribution in [3.05, 3.63) is 29.8 Å².